The average Bonchev–Trinajstić information content (AvgIpc) is 3.58. The Morgan fingerprint density at radius 3 is 2.61 bits per heavy atom. The Morgan fingerprint density at radius 2 is 1.88 bits per heavy atom. The molecule has 33 heavy (non-hydrogen) atoms. The van der Waals surface area contributed by atoms with Crippen molar-refractivity contribution in [3.05, 3.63) is 64.7 Å². The standard InChI is InChI=1S/C27H29NO5/c1-2-14-32-21-10-7-17(8-11-21)24-23(26(30)27(31)28(24)20-5-3-4-6-20)25(29)19-9-12-22-18(16-19)13-15-33-22/h7-12,16,20,24,29H,2-6,13-15H2,1H3/b25-23-. The maximum Gasteiger partial charge on any atom is 0.295 e. The van der Waals surface area contributed by atoms with Crippen LogP contribution in [0.25, 0.3) is 5.76 Å². The molecule has 1 N–H and O–H groups in total. The molecular formula is C27H29NO5. The molecule has 2 aromatic carbocycles. The summed E-state index contributed by atoms with van der Waals surface area (Å²) in [5, 5.41) is 11.3. The molecule has 6 nitrogen and oxygen atoms in total. The first-order valence-corrected chi connectivity index (χ1v) is 11.9. The van der Waals surface area contributed by atoms with Crippen LogP contribution in [0, 0.1) is 0 Å². The number of ether oxygens (including phenoxy) is 2. The van der Waals surface area contributed by atoms with Gasteiger partial charge in [0.2, 0.25) is 0 Å². The van der Waals surface area contributed by atoms with E-state index in [1.54, 1.807) is 11.0 Å². The van der Waals surface area contributed by atoms with Crippen LogP contribution >= 0.6 is 0 Å². The van der Waals surface area contributed by atoms with Crippen molar-refractivity contribution in [2.45, 2.75) is 57.5 Å². The van der Waals surface area contributed by atoms with Crippen molar-refractivity contribution in [3.63, 3.8) is 0 Å². The highest BCUT2D eigenvalue weighted by atomic mass is 16.5. The first-order chi connectivity index (χ1) is 16.1. The van der Waals surface area contributed by atoms with E-state index in [0.717, 1.165) is 61.2 Å². The Bertz CT molecular complexity index is 1100. The van der Waals surface area contributed by atoms with Gasteiger partial charge in [-0.25, -0.2) is 0 Å². The number of fused-ring (bicyclic) bond motifs is 1. The zero-order valence-electron chi connectivity index (χ0n) is 18.9. The molecule has 172 valence electrons. The first kappa shape index (κ1) is 21.6. The van der Waals surface area contributed by atoms with Crippen molar-refractivity contribution >= 4 is 17.4 Å². The molecule has 0 spiro atoms. The lowest BCUT2D eigenvalue weighted by Gasteiger charge is -2.30. The van der Waals surface area contributed by atoms with E-state index in [4.69, 9.17) is 9.47 Å². The topological polar surface area (TPSA) is 76.1 Å². The van der Waals surface area contributed by atoms with Gasteiger partial charge in [-0.15, -0.1) is 0 Å². The van der Waals surface area contributed by atoms with E-state index in [-0.39, 0.29) is 17.4 Å². The Labute approximate surface area is 193 Å². The van der Waals surface area contributed by atoms with Gasteiger partial charge in [-0.1, -0.05) is 31.9 Å². The lowest BCUT2D eigenvalue weighted by Crippen LogP contribution is -2.37. The van der Waals surface area contributed by atoms with Crippen molar-refractivity contribution < 1.29 is 24.2 Å². The summed E-state index contributed by atoms with van der Waals surface area (Å²) in [6.07, 6.45) is 5.49. The molecule has 1 saturated carbocycles. The van der Waals surface area contributed by atoms with Crippen LogP contribution in [0.1, 0.15) is 61.8 Å². The van der Waals surface area contributed by atoms with Crippen molar-refractivity contribution in [3.8, 4) is 11.5 Å². The number of carbonyl (C=O) groups is 2. The third-order valence-electron chi connectivity index (χ3n) is 6.83. The molecule has 5 rings (SSSR count). The SMILES string of the molecule is CCCOc1ccc(C2/C(=C(/O)c3ccc4c(c3)CCO4)C(=O)C(=O)N2C2CCCC2)cc1. The zero-order chi connectivity index (χ0) is 22.9. The molecule has 2 aliphatic heterocycles. The van der Waals surface area contributed by atoms with Crippen LogP contribution in [0.15, 0.2) is 48.0 Å². The Kier molecular flexibility index (Phi) is 5.83. The molecule has 1 unspecified atom stereocenters. The number of aliphatic hydroxyl groups excluding tert-OH is 1. The van der Waals surface area contributed by atoms with Gasteiger partial charge in [0.1, 0.15) is 17.3 Å². The normalized spacial score (nSPS) is 22.0. The number of carbonyl (C=O) groups excluding carboxylic acids is 2. The van der Waals surface area contributed by atoms with E-state index in [1.807, 2.05) is 36.4 Å². The van der Waals surface area contributed by atoms with Gasteiger partial charge in [0.05, 0.1) is 24.8 Å². The van der Waals surface area contributed by atoms with Crippen molar-refractivity contribution in [1.29, 1.82) is 0 Å². The minimum Gasteiger partial charge on any atom is -0.507 e. The molecule has 2 heterocycles. The summed E-state index contributed by atoms with van der Waals surface area (Å²) in [4.78, 5) is 28.2. The molecule has 0 aromatic heterocycles. The van der Waals surface area contributed by atoms with Crippen LogP contribution in [0.2, 0.25) is 0 Å². The smallest absolute Gasteiger partial charge is 0.295 e. The van der Waals surface area contributed by atoms with Gasteiger partial charge >= 0.3 is 0 Å². The third kappa shape index (κ3) is 3.88. The Hall–Kier alpha value is -3.28. The van der Waals surface area contributed by atoms with E-state index in [2.05, 4.69) is 6.92 Å². The van der Waals surface area contributed by atoms with Gasteiger partial charge < -0.3 is 19.5 Å². The van der Waals surface area contributed by atoms with Crippen molar-refractivity contribution in [1.82, 2.24) is 4.90 Å². The average molecular weight is 448 g/mol. The van der Waals surface area contributed by atoms with E-state index in [1.165, 1.54) is 0 Å². The van der Waals surface area contributed by atoms with Crippen molar-refractivity contribution in [2.24, 2.45) is 0 Å². The lowest BCUT2D eigenvalue weighted by molar-refractivity contribution is -0.141. The van der Waals surface area contributed by atoms with E-state index in [9.17, 15) is 14.7 Å². The van der Waals surface area contributed by atoms with Crippen molar-refractivity contribution in [2.75, 3.05) is 13.2 Å². The van der Waals surface area contributed by atoms with Crippen LogP contribution in [0.5, 0.6) is 11.5 Å². The Balaban J connectivity index is 1.59. The summed E-state index contributed by atoms with van der Waals surface area (Å²) in [5.74, 6) is 0.283. The van der Waals surface area contributed by atoms with Gasteiger partial charge in [0, 0.05) is 18.0 Å². The number of Topliss-reactive ketones (excluding diaryl/α,β-unsaturated/α-hetero) is 1. The highest BCUT2D eigenvalue weighted by Gasteiger charge is 2.49. The van der Waals surface area contributed by atoms with Gasteiger partial charge in [0.15, 0.2) is 0 Å². The Morgan fingerprint density at radius 1 is 1.12 bits per heavy atom. The monoisotopic (exact) mass is 447 g/mol. The summed E-state index contributed by atoms with van der Waals surface area (Å²) in [6.45, 7) is 3.29. The number of hydrogen-bond donors (Lipinski definition) is 1. The largest absolute Gasteiger partial charge is 0.507 e. The minimum atomic E-state index is -0.618. The second-order valence-corrected chi connectivity index (χ2v) is 8.98. The molecule has 6 heteroatoms. The fourth-order valence-electron chi connectivity index (χ4n) is 5.19. The number of likely N-dealkylation sites (tertiary alicyclic amines) is 1. The number of hydrogen-bond acceptors (Lipinski definition) is 5. The quantitative estimate of drug-likeness (QED) is 0.392. The molecule has 0 radical (unpaired) electrons. The molecule has 1 amide bonds. The number of aliphatic hydroxyl groups is 1. The summed E-state index contributed by atoms with van der Waals surface area (Å²) in [5.41, 5.74) is 2.50. The highest BCUT2D eigenvalue weighted by molar-refractivity contribution is 6.46. The van der Waals surface area contributed by atoms with E-state index < -0.39 is 17.7 Å². The first-order valence-electron chi connectivity index (χ1n) is 11.9. The van der Waals surface area contributed by atoms with Gasteiger partial charge in [-0.3, -0.25) is 9.59 Å². The predicted octanol–water partition coefficient (Wildman–Crippen LogP) is 4.77. The van der Waals surface area contributed by atoms with E-state index in [0.29, 0.717) is 18.8 Å². The summed E-state index contributed by atoms with van der Waals surface area (Å²) < 4.78 is 11.3. The minimum absolute atomic E-state index is 0.00110. The van der Waals surface area contributed by atoms with Crippen LogP contribution in [0.3, 0.4) is 0 Å². The molecule has 3 aliphatic rings. The summed E-state index contributed by atoms with van der Waals surface area (Å²) in [6, 6.07) is 12.3. The molecular weight excluding hydrogens is 418 g/mol. The lowest BCUT2D eigenvalue weighted by atomic mass is 9.94. The van der Waals surface area contributed by atoms with Crippen LogP contribution in [0.4, 0.5) is 0 Å². The van der Waals surface area contributed by atoms with Crippen LogP contribution < -0.4 is 9.47 Å². The number of benzene rings is 2. The summed E-state index contributed by atoms with van der Waals surface area (Å²) >= 11 is 0. The number of nitrogens with zero attached hydrogens (tertiary/aromatic N) is 1. The molecule has 1 saturated heterocycles. The van der Waals surface area contributed by atoms with Gasteiger partial charge in [0.25, 0.3) is 11.7 Å². The zero-order valence-corrected chi connectivity index (χ0v) is 18.9. The third-order valence-corrected chi connectivity index (χ3v) is 6.83. The molecule has 2 aromatic rings. The fraction of sp³-hybridized carbons (Fsp3) is 0.407. The van der Waals surface area contributed by atoms with E-state index >= 15 is 0 Å². The maximum absolute atomic E-state index is 13.3. The second kappa shape index (κ2) is 8.93. The van der Waals surface area contributed by atoms with Crippen LogP contribution in [-0.4, -0.2) is 41.0 Å². The van der Waals surface area contributed by atoms with Crippen LogP contribution in [-0.2, 0) is 16.0 Å². The predicted molar refractivity (Wildman–Crippen MR) is 124 cm³/mol. The summed E-state index contributed by atoms with van der Waals surface area (Å²) in [7, 11) is 0. The maximum atomic E-state index is 13.3. The molecule has 1 aliphatic carbocycles. The number of ketones is 1. The molecule has 2 fully saturated rings. The molecule has 0 bridgehead atoms. The molecule has 1 atom stereocenters. The van der Waals surface area contributed by atoms with Gasteiger partial charge in [-0.2, -0.15) is 0 Å². The number of rotatable bonds is 6. The second-order valence-electron chi connectivity index (χ2n) is 8.98. The number of amides is 1. The van der Waals surface area contributed by atoms with Gasteiger partial charge in [-0.05, 0) is 60.7 Å². The fourth-order valence-corrected chi connectivity index (χ4v) is 5.19. The highest BCUT2D eigenvalue weighted by Crippen LogP contribution is 2.44.